The Labute approximate surface area is 160 Å². The summed E-state index contributed by atoms with van der Waals surface area (Å²) in [5, 5.41) is 9.92. The summed E-state index contributed by atoms with van der Waals surface area (Å²) in [5.74, 6) is 1.60. The van der Waals surface area contributed by atoms with E-state index in [1.54, 1.807) is 44.4 Å². The minimum absolute atomic E-state index is 0.238. The van der Waals surface area contributed by atoms with E-state index < -0.39 is 0 Å². The lowest BCUT2D eigenvalue weighted by Gasteiger charge is -2.14. The number of hydrogen-bond donors (Lipinski definition) is 2. The zero-order valence-electron chi connectivity index (χ0n) is 14.9. The Bertz CT molecular complexity index is 956. The molecule has 27 heavy (non-hydrogen) atoms. The Morgan fingerprint density at radius 1 is 1.15 bits per heavy atom. The monoisotopic (exact) mass is 388 g/mol. The largest absolute Gasteiger partial charge is 0.495 e. The zero-order valence-corrected chi connectivity index (χ0v) is 15.6. The number of carbonyl (C=O) groups is 1. The van der Waals surface area contributed by atoms with Crippen LogP contribution in [0.15, 0.2) is 41.1 Å². The van der Waals surface area contributed by atoms with E-state index in [1.165, 1.54) is 13.3 Å². The van der Waals surface area contributed by atoms with Gasteiger partial charge in [0.2, 0.25) is 0 Å². The van der Waals surface area contributed by atoms with E-state index in [0.29, 0.717) is 39.5 Å². The summed E-state index contributed by atoms with van der Waals surface area (Å²) in [5.41, 5.74) is 1.55. The van der Waals surface area contributed by atoms with Crippen LogP contribution in [0.1, 0.15) is 16.2 Å². The SMILES string of the molecule is COc1cc(Nc2ccc(C(=O)Nc3cc(C)on3)nc2)c(OC)cc1Cl. The molecule has 0 radical (unpaired) electrons. The second-order valence-electron chi connectivity index (χ2n) is 5.52. The summed E-state index contributed by atoms with van der Waals surface area (Å²) in [4.78, 5) is 16.3. The van der Waals surface area contributed by atoms with E-state index in [-0.39, 0.29) is 11.6 Å². The smallest absolute Gasteiger partial charge is 0.275 e. The van der Waals surface area contributed by atoms with Crippen molar-refractivity contribution in [3.8, 4) is 11.5 Å². The third-order valence-corrected chi connectivity index (χ3v) is 3.91. The third-order valence-electron chi connectivity index (χ3n) is 3.62. The van der Waals surface area contributed by atoms with E-state index in [9.17, 15) is 4.79 Å². The van der Waals surface area contributed by atoms with Crippen LogP contribution in [0.4, 0.5) is 17.2 Å². The molecule has 2 heterocycles. The van der Waals surface area contributed by atoms with Crippen molar-refractivity contribution in [2.45, 2.75) is 6.92 Å². The fourth-order valence-corrected chi connectivity index (χ4v) is 2.55. The molecule has 0 saturated heterocycles. The molecule has 0 saturated carbocycles. The molecule has 0 atom stereocenters. The van der Waals surface area contributed by atoms with Gasteiger partial charge in [-0.15, -0.1) is 0 Å². The maximum Gasteiger partial charge on any atom is 0.275 e. The topological polar surface area (TPSA) is 98.5 Å². The van der Waals surface area contributed by atoms with Crippen molar-refractivity contribution in [2.24, 2.45) is 0 Å². The lowest BCUT2D eigenvalue weighted by Crippen LogP contribution is -2.13. The zero-order chi connectivity index (χ0) is 19.4. The predicted octanol–water partition coefficient (Wildman–Crippen LogP) is 4.04. The fraction of sp³-hybridized carbons (Fsp3) is 0.167. The number of rotatable bonds is 6. The molecule has 0 spiro atoms. The van der Waals surface area contributed by atoms with Crippen molar-refractivity contribution in [1.29, 1.82) is 0 Å². The maximum atomic E-state index is 12.2. The molecule has 0 unspecified atom stereocenters. The highest BCUT2D eigenvalue weighted by atomic mass is 35.5. The first-order valence-corrected chi connectivity index (χ1v) is 8.27. The summed E-state index contributed by atoms with van der Waals surface area (Å²) in [6.45, 7) is 1.74. The van der Waals surface area contributed by atoms with Crippen LogP contribution in [-0.2, 0) is 0 Å². The number of aryl methyl sites for hydroxylation is 1. The molecule has 0 aliphatic carbocycles. The molecule has 9 heteroatoms. The van der Waals surface area contributed by atoms with Crippen molar-refractivity contribution >= 4 is 34.7 Å². The van der Waals surface area contributed by atoms with E-state index in [1.807, 2.05) is 0 Å². The van der Waals surface area contributed by atoms with Crippen LogP contribution < -0.4 is 20.1 Å². The van der Waals surface area contributed by atoms with Gasteiger partial charge in [0.05, 0.1) is 36.8 Å². The van der Waals surface area contributed by atoms with Gasteiger partial charge in [-0.3, -0.25) is 4.79 Å². The molecule has 1 amide bonds. The molecular weight excluding hydrogens is 372 g/mol. The van der Waals surface area contributed by atoms with E-state index in [2.05, 4.69) is 20.8 Å². The predicted molar refractivity (Wildman–Crippen MR) is 101 cm³/mol. The summed E-state index contributed by atoms with van der Waals surface area (Å²) >= 11 is 6.11. The first-order valence-electron chi connectivity index (χ1n) is 7.89. The Morgan fingerprint density at radius 3 is 2.52 bits per heavy atom. The normalized spacial score (nSPS) is 10.4. The number of nitrogens with one attached hydrogen (secondary N) is 2. The fourth-order valence-electron chi connectivity index (χ4n) is 2.32. The van der Waals surface area contributed by atoms with Crippen molar-refractivity contribution in [2.75, 3.05) is 24.9 Å². The summed E-state index contributed by atoms with van der Waals surface area (Å²) in [6, 6.07) is 8.29. The van der Waals surface area contributed by atoms with Gasteiger partial charge in [0.1, 0.15) is 23.0 Å². The molecule has 3 rings (SSSR count). The molecule has 0 bridgehead atoms. The van der Waals surface area contributed by atoms with Crippen LogP contribution in [0.5, 0.6) is 11.5 Å². The summed E-state index contributed by atoms with van der Waals surface area (Å²) in [7, 11) is 3.07. The number of carbonyl (C=O) groups excluding carboxylic acids is 1. The number of aromatic nitrogens is 2. The molecule has 3 aromatic rings. The van der Waals surface area contributed by atoms with E-state index in [0.717, 1.165) is 0 Å². The molecule has 1 aromatic carbocycles. The number of benzene rings is 1. The van der Waals surface area contributed by atoms with Crippen molar-refractivity contribution in [3.63, 3.8) is 0 Å². The third kappa shape index (κ3) is 4.29. The molecule has 0 aliphatic rings. The van der Waals surface area contributed by atoms with E-state index >= 15 is 0 Å². The Balaban J connectivity index is 1.75. The highest BCUT2D eigenvalue weighted by Crippen LogP contribution is 2.37. The number of pyridine rings is 1. The average Bonchev–Trinajstić information content (AvgIpc) is 3.08. The number of hydrogen-bond acceptors (Lipinski definition) is 7. The van der Waals surface area contributed by atoms with E-state index in [4.69, 9.17) is 25.6 Å². The van der Waals surface area contributed by atoms with Crippen molar-refractivity contribution in [1.82, 2.24) is 10.1 Å². The lowest BCUT2D eigenvalue weighted by atomic mass is 10.2. The Morgan fingerprint density at radius 2 is 1.93 bits per heavy atom. The van der Waals surface area contributed by atoms with Gasteiger partial charge in [-0.05, 0) is 19.1 Å². The summed E-state index contributed by atoms with van der Waals surface area (Å²) < 4.78 is 15.5. The molecule has 0 fully saturated rings. The van der Waals surface area contributed by atoms with Crippen LogP contribution in [0.3, 0.4) is 0 Å². The number of nitrogens with zero attached hydrogens (tertiary/aromatic N) is 2. The van der Waals surface area contributed by atoms with Crippen LogP contribution in [-0.4, -0.2) is 30.3 Å². The van der Waals surface area contributed by atoms with Crippen LogP contribution in [0, 0.1) is 6.92 Å². The first-order chi connectivity index (χ1) is 13.0. The first kappa shape index (κ1) is 18.5. The summed E-state index contributed by atoms with van der Waals surface area (Å²) in [6.07, 6.45) is 1.53. The molecular formula is C18H17ClN4O4. The van der Waals surface area contributed by atoms with Gasteiger partial charge in [-0.1, -0.05) is 16.8 Å². The van der Waals surface area contributed by atoms with Crippen molar-refractivity contribution < 1.29 is 18.8 Å². The second kappa shape index (κ2) is 7.96. The van der Waals surface area contributed by atoms with Gasteiger partial charge in [-0.2, -0.15) is 0 Å². The van der Waals surface area contributed by atoms with Gasteiger partial charge in [0.25, 0.3) is 5.91 Å². The minimum Gasteiger partial charge on any atom is -0.495 e. The highest BCUT2D eigenvalue weighted by molar-refractivity contribution is 6.32. The van der Waals surface area contributed by atoms with Gasteiger partial charge in [0.15, 0.2) is 5.82 Å². The Kier molecular flexibility index (Phi) is 5.46. The quantitative estimate of drug-likeness (QED) is 0.657. The van der Waals surface area contributed by atoms with Crippen molar-refractivity contribution in [3.05, 3.63) is 53.0 Å². The number of halogens is 1. The lowest BCUT2D eigenvalue weighted by molar-refractivity contribution is 0.102. The number of methoxy groups -OCH3 is 2. The van der Waals surface area contributed by atoms with Gasteiger partial charge < -0.3 is 24.6 Å². The van der Waals surface area contributed by atoms with Gasteiger partial charge >= 0.3 is 0 Å². The molecule has 8 nitrogen and oxygen atoms in total. The average molecular weight is 389 g/mol. The van der Waals surface area contributed by atoms with Gasteiger partial charge in [-0.25, -0.2) is 4.98 Å². The van der Waals surface area contributed by atoms with Gasteiger partial charge in [0, 0.05) is 18.2 Å². The standard InChI is InChI=1S/C18H17ClN4O4/c1-10-6-17(23-27-10)22-18(24)13-5-4-11(9-20-13)21-14-8-15(25-2)12(19)7-16(14)26-3/h4-9,21H,1-3H3,(H,22,23,24). The van der Waals surface area contributed by atoms with Crippen LogP contribution >= 0.6 is 11.6 Å². The van der Waals surface area contributed by atoms with Crippen LogP contribution in [0.25, 0.3) is 0 Å². The molecule has 2 N–H and O–H groups in total. The molecule has 140 valence electrons. The number of amides is 1. The maximum absolute atomic E-state index is 12.2. The second-order valence-corrected chi connectivity index (χ2v) is 5.93. The minimum atomic E-state index is -0.388. The Hall–Kier alpha value is -3.26. The molecule has 2 aromatic heterocycles. The number of anilines is 3. The number of ether oxygens (including phenoxy) is 2. The van der Waals surface area contributed by atoms with Crippen LogP contribution in [0.2, 0.25) is 5.02 Å². The highest BCUT2D eigenvalue weighted by Gasteiger charge is 2.12. The molecule has 0 aliphatic heterocycles.